The number of pyridine rings is 2. The molecule has 0 unspecified atom stereocenters. The summed E-state index contributed by atoms with van der Waals surface area (Å²) in [5.74, 6) is 0. The van der Waals surface area contributed by atoms with Crippen molar-refractivity contribution in [3.63, 3.8) is 0 Å². The van der Waals surface area contributed by atoms with Gasteiger partial charge in [0.2, 0.25) is 0 Å². The summed E-state index contributed by atoms with van der Waals surface area (Å²) in [6.07, 6.45) is 0. The van der Waals surface area contributed by atoms with Crippen LogP contribution in [0.1, 0.15) is 0 Å². The maximum atomic E-state index is 14.5. The van der Waals surface area contributed by atoms with Crippen molar-refractivity contribution in [2.75, 3.05) is 0 Å². The first-order chi connectivity index (χ1) is 18.3. The van der Waals surface area contributed by atoms with Crippen LogP contribution in [0.4, 0.5) is 0 Å². The highest BCUT2D eigenvalue weighted by Crippen LogP contribution is 2.43. The van der Waals surface area contributed by atoms with Crippen LogP contribution in [0, 0.1) is 0 Å². The smallest absolute Gasteiger partial charge is 0.263 e. The fourth-order valence-electron chi connectivity index (χ4n) is 5.63. The van der Waals surface area contributed by atoms with Crippen LogP contribution >= 0.6 is 0 Å². The highest BCUT2D eigenvalue weighted by molar-refractivity contribution is 6.17. The summed E-state index contributed by atoms with van der Waals surface area (Å²) in [4.78, 5) is 14.5. The second kappa shape index (κ2) is 8.61. The largest absolute Gasteiger partial charge is 0.274 e. The van der Waals surface area contributed by atoms with Crippen LogP contribution in [-0.4, -0.2) is 4.40 Å². The highest BCUT2D eigenvalue weighted by atomic mass is 16.1. The van der Waals surface area contributed by atoms with Crippen LogP contribution in [-0.2, 0) is 0 Å². The fraction of sp³-hybridized carbons (Fsp3) is 0. The van der Waals surface area contributed by atoms with Crippen LogP contribution in [0.2, 0.25) is 0 Å². The first-order valence-electron chi connectivity index (χ1n) is 12.5. The summed E-state index contributed by atoms with van der Waals surface area (Å²) in [5, 5.41) is 3.86. The Balaban J connectivity index is 1.86. The lowest BCUT2D eigenvalue weighted by Crippen LogP contribution is -2.18. The van der Waals surface area contributed by atoms with Gasteiger partial charge in [-0.15, -0.1) is 0 Å². The van der Waals surface area contributed by atoms with Crippen molar-refractivity contribution in [3.8, 4) is 33.5 Å². The summed E-state index contributed by atoms with van der Waals surface area (Å²) >= 11 is 0. The van der Waals surface area contributed by atoms with E-state index in [9.17, 15) is 4.79 Å². The average Bonchev–Trinajstić information content (AvgIpc) is 2.98. The third kappa shape index (κ3) is 3.30. The molecule has 2 heteroatoms. The lowest BCUT2D eigenvalue weighted by molar-refractivity contribution is 1.14. The number of aromatic nitrogens is 1. The number of benzene rings is 5. The molecule has 0 spiro atoms. The van der Waals surface area contributed by atoms with E-state index in [2.05, 4.69) is 91.0 Å². The van der Waals surface area contributed by atoms with Gasteiger partial charge >= 0.3 is 0 Å². The number of hydrogen-bond acceptors (Lipinski definition) is 1. The van der Waals surface area contributed by atoms with Crippen LogP contribution in [0.5, 0.6) is 0 Å². The van der Waals surface area contributed by atoms with E-state index in [0.717, 1.165) is 55.2 Å². The minimum absolute atomic E-state index is 0.00734. The van der Waals surface area contributed by atoms with E-state index in [1.807, 2.05) is 52.9 Å². The van der Waals surface area contributed by atoms with Gasteiger partial charge in [-0.1, -0.05) is 133 Å². The van der Waals surface area contributed by atoms with Crippen molar-refractivity contribution in [1.82, 2.24) is 4.40 Å². The van der Waals surface area contributed by atoms with Gasteiger partial charge in [-0.25, -0.2) is 0 Å². The SMILES string of the molecule is O=c1c2ccccc2c(-c2ccccc2)c2c3ccccc3c(-c3ccccc3)c(-c3ccccc3)n12. The maximum absolute atomic E-state index is 14.5. The molecule has 37 heavy (non-hydrogen) atoms. The summed E-state index contributed by atoms with van der Waals surface area (Å²) in [7, 11) is 0. The van der Waals surface area contributed by atoms with Crippen LogP contribution in [0.25, 0.3) is 60.6 Å². The number of rotatable bonds is 3. The van der Waals surface area contributed by atoms with Crippen molar-refractivity contribution in [2.45, 2.75) is 0 Å². The van der Waals surface area contributed by atoms with E-state index in [1.54, 1.807) is 0 Å². The zero-order valence-corrected chi connectivity index (χ0v) is 20.1. The molecule has 0 amide bonds. The van der Waals surface area contributed by atoms with E-state index in [1.165, 1.54) is 0 Å². The average molecular weight is 474 g/mol. The molecule has 0 saturated carbocycles. The van der Waals surface area contributed by atoms with Gasteiger partial charge in [-0.05, 0) is 33.5 Å². The molecule has 0 radical (unpaired) electrons. The Bertz CT molecular complexity index is 1970. The van der Waals surface area contributed by atoms with E-state index in [-0.39, 0.29) is 5.56 Å². The Labute approximate surface area is 214 Å². The fourth-order valence-corrected chi connectivity index (χ4v) is 5.63. The Morgan fingerprint density at radius 1 is 0.378 bits per heavy atom. The molecule has 2 aromatic heterocycles. The molecule has 7 rings (SSSR count). The van der Waals surface area contributed by atoms with Gasteiger partial charge in [0.15, 0.2) is 0 Å². The lowest BCUT2D eigenvalue weighted by Gasteiger charge is -2.22. The second-order valence-electron chi connectivity index (χ2n) is 9.28. The van der Waals surface area contributed by atoms with Gasteiger partial charge < -0.3 is 0 Å². The molecule has 0 atom stereocenters. The zero-order chi connectivity index (χ0) is 24.8. The first-order valence-corrected chi connectivity index (χ1v) is 12.5. The molecule has 7 aromatic rings. The van der Waals surface area contributed by atoms with Gasteiger partial charge in [0.1, 0.15) is 0 Å². The molecule has 0 aliphatic rings. The molecular formula is C35H23NO. The van der Waals surface area contributed by atoms with E-state index >= 15 is 0 Å². The predicted molar refractivity (Wildman–Crippen MR) is 155 cm³/mol. The molecule has 0 bridgehead atoms. The van der Waals surface area contributed by atoms with Gasteiger partial charge in [0.05, 0.1) is 11.2 Å². The van der Waals surface area contributed by atoms with Gasteiger partial charge in [-0.2, -0.15) is 0 Å². The third-order valence-corrected chi connectivity index (χ3v) is 7.17. The minimum atomic E-state index is -0.00734. The zero-order valence-electron chi connectivity index (χ0n) is 20.1. The first kappa shape index (κ1) is 21.3. The van der Waals surface area contributed by atoms with Gasteiger partial charge in [0.25, 0.3) is 5.56 Å². The summed E-state index contributed by atoms with van der Waals surface area (Å²) < 4.78 is 1.96. The highest BCUT2D eigenvalue weighted by Gasteiger charge is 2.23. The van der Waals surface area contributed by atoms with Crippen molar-refractivity contribution >= 4 is 27.1 Å². The number of hydrogen-bond donors (Lipinski definition) is 0. The molecule has 0 saturated heterocycles. The minimum Gasteiger partial charge on any atom is -0.274 e. The molecule has 0 fully saturated rings. The molecule has 0 N–H and O–H groups in total. The standard InChI is InChI=1S/C35H23NO/c37-35-30-23-13-11-21-28(30)32(25-16-6-2-7-17-25)34-29-22-12-10-20-27(29)31(24-14-4-1-5-15-24)33(36(34)35)26-18-8-3-9-19-26/h1-23H. The number of fused-ring (bicyclic) bond motifs is 4. The Morgan fingerprint density at radius 2 is 0.784 bits per heavy atom. The van der Waals surface area contributed by atoms with E-state index < -0.39 is 0 Å². The van der Waals surface area contributed by atoms with Crippen molar-refractivity contribution in [1.29, 1.82) is 0 Å². The summed E-state index contributed by atoms with van der Waals surface area (Å²) in [6.45, 7) is 0. The predicted octanol–water partition coefficient (Wildman–Crippen LogP) is 8.61. The third-order valence-electron chi connectivity index (χ3n) is 7.17. The molecule has 0 aliphatic heterocycles. The number of nitrogens with zero attached hydrogens (tertiary/aromatic N) is 1. The Hall–Kier alpha value is -4.95. The topological polar surface area (TPSA) is 21.5 Å². The van der Waals surface area contributed by atoms with Gasteiger partial charge in [-0.3, -0.25) is 9.20 Å². The lowest BCUT2D eigenvalue weighted by atomic mass is 9.89. The molecular weight excluding hydrogens is 450 g/mol. The van der Waals surface area contributed by atoms with Crippen LogP contribution in [0.15, 0.2) is 144 Å². The molecule has 5 aromatic carbocycles. The van der Waals surface area contributed by atoms with Crippen molar-refractivity contribution in [3.05, 3.63) is 150 Å². The van der Waals surface area contributed by atoms with Crippen LogP contribution < -0.4 is 5.56 Å². The molecule has 0 aliphatic carbocycles. The second-order valence-corrected chi connectivity index (χ2v) is 9.28. The van der Waals surface area contributed by atoms with E-state index in [0.29, 0.717) is 5.39 Å². The maximum Gasteiger partial charge on any atom is 0.263 e. The monoisotopic (exact) mass is 473 g/mol. The Morgan fingerprint density at radius 3 is 1.35 bits per heavy atom. The van der Waals surface area contributed by atoms with Crippen molar-refractivity contribution < 1.29 is 0 Å². The molecule has 2 heterocycles. The van der Waals surface area contributed by atoms with Gasteiger partial charge in [0, 0.05) is 21.9 Å². The van der Waals surface area contributed by atoms with Crippen molar-refractivity contribution in [2.24, 2.45) is 0 Å². The summed E-state index contributed by atoms with van der Waals surface area (Å²) in [5.41, 5.74) is 7.15. The normalized spacial score (nSPS) is 11.4. The van der Waals surface area contributed by atoms with Crippen LogP contribution in [0.3, 0.4) is 0 Å². The molecule has 174 valence electrons. The molecule has 2 nitrogen and oxygen atoms in total. The van der Waals surface area contributed by atoms with E-state index in [4.69, 9.17) is 0 Å². The Kier molecular flexibility index (Phi) is 4.97. The quantitative estimate of drug-likeness (QED) is 0.186. The summed E-state index contributed by atoms with van der Waals surface area (Å²) in [6, 6.07) is 47.6.